The van der Waals surface area contributed by atoms with Crippen LogP contribution in [0.4, 0.5) is 5.69 Å². The van der Waals surface area contributed by atoms with Gasteiger partial charge in [-0.25, -0.2) is 0 Å². The van der Waals surface area contributed by atoms with Crippen molar-refractivity contribution in [3.63, 3.8) is 0 Å². The molecule has 0 saturated carbocycles. The summed E-state index contributed by atoms with van der Waals surface area (Å²) in [5, 5.41) is 3.56. The monoisotopic (exact) mass is 325 g/mol. The van der Waals surface area contributed by atoms with E-state index in [0.717, 1.165) is 25.1 Å². The predicted octanol–water partition coefficient (Wildman–Crippen LogP) is 6.09. The Morgan fingerprint density at radius 2 is 1.75 bits per heavy atom. The minimum absolute atomic E-state index is 0.162. The zero-order valence-electron chi connectivity index (χ0n) is 15.7. The Morgan fingerprint density at radius 1 is 1.00 bits per heavy atom. The van der Waals surface area contributed by atoms with Gasteiger partial charge >= 0.3 is 0 Å². The van der Waals surface area contributed by atoms with Crippen molar-refractivity contribution >= 4 is 5.69 Å². The van der Waals surface area contributed by atoms with Gasteiger partial charge in [0.1, 0.15) is 11.9 Å². The number of ether oxygens (including phenoxy) is 1. The number of rotatable bonds is 8. The van der Waals surface area contributed by atoms with Crippen LogP contribution in [0.25, 0.3) is 0 Å². The minimum atomic E-state index is 0.162. The molecular weight excluding hydrogens is 294 g/mol. The Hall–Kier alpha value is -1.96. The minimum Gasteiger partial charge on any atom is -0.488 e. The van der Waals surface area contributed by atoms with Crippen molar-refractivity contribution in [1.29, 1.82) is 0 Å². The first kappa shape index (κ1) is 18.4. The van der Waals surface area contributed by atoms with E-state index < -0.39 is 0 Å². The van der Waals surface area contributed by atoms with E-state index in [-0.39, 0.29) is 6.10 Å². The van der Waals surface area contributed by atoms with E-state index in [2.05, 4.69) is 82.4 Å². The van der Waals surface area contributed by atoms with E-state index in [1.54, 1.807) is 0 Å². The maximum Gasteiger partial charge on any atom is 0.123 e. The van der Waals surface area contributed by atoms with Crippen molar-refractivity contribution in [2.24, 2.45) is 0 Å². The zero-order chi connectivity index (χ0) is 17.5. The highest BCUT2D eigenvalue weighted by molar-refractivity contribution is 5.52. The normalized spacial score (nSPS) is 13.4. The molecule has 0 bridgehead atoms. The first-order chi connectivity index (χ1) is 11.5. The average Bonchev–Trinajstić information content (AvgIpc) is 2.60. The third-order valence-corrected chi connectivity index (χ3v) is 4.72. The van der Waals surface area contributed by atoms with Gasteiger partial charge in [-0.15, -0.1) is 0 Å². The van der Waals surface area contributed by atoms with Gasteiger partial charge in [-0.1, -0.05) is 51.1 Å². The van der Waals surface area contributed by atoms with Crippen LogP contribution in [0.2, 0.25) is 0 Å². The van der Waals surface area contributed by atoms with Crippen LogP contribution < -0.4 is 10.1 Å². The number of benzene rings is 2. The van der Waals surface area contributed by atoms with Crippen LogP contribution in [0.5, 0.6) is 5.75 Å². The molecule has 0 spiro atoms. The SMILES string of the molecule is CCC(CNc1cc(C)ccc1C)Oc1ccccc1C(C)CC. The first-order valence-corrected chi connectivity index (χ1v) is 9.11. The average molecular weight is 325 g/mol. The smallest absolute Gasteiger partial charge is 0.123 e. The molecule has 0 fully saturated rings. The van der Waals surface area contributed by atoms with Gasteiger partial charge in [-0.2, -0.15) is 0 Å². The van der Waals surface area contributed by atoms with Crippen LogP contribution >= 0.6 is 0 Å². The molecule has 0 amide bonds. The molecule has 0 heterocycles. The standard InChI is InChI=1S/C22H31NO/c1-6-17(4)20-10-8-9-11-22(20)24-19(7-2)15-23-21-14-16(3)12-13-18(21)5/h8-14,17,19,23H,6-7,15H2,1-5H3. The number of para-hydroxylation sites is 1. The summed E-state index contributed by atoms with van der Waals surface area (Å²) in [6.07, 6.45) is 2.26. The summed E-state index contributed by atoms with van der Waals surface area (Å²) in [5.41, 5.74) is 5.06. The van der Waals surface area contributed by atoms with Gasteiger partial charge in [0.2, 0.25) is 0 Å². The fourth-order valence-corrected chi connectivity index (χ4v) is 2.81. The summed E-state index contributed by atoms with van der Waals surface area (Å²) < 4.78 is 6.35. The molecule has 0 aliphatic rings. The van der Waals surface area contributed by atoms with Gasteiger partial charge in [-0.3, -0.25) is 0 Å². The van der Waals surface area contributed by atoms with Gasteiger partial charge in [-0.05, 0) is 61.4 Å². The largest absolute Gasteiger partial charge is 0.488 e. The molecule has 0 aliphatic heterocycles. The van der Waals surface area contributed by atoms with E-state index in [1.807, 2.05) is 0 Å². The number of aryl methyl sites for hydroxylation is 2. The fraction of sp³-hybridized carbons (Fsp3) is 0.455. The second kappa shape index (κ2) is 8.77. The molecule has 2 atom stereocenters. The van der Waals surface area contributed by atoms with Crippen LogP contribution in [0, 0.1) is 13.8 Å². The van der Waals surface area contributed by atoms with Crippen LogP contribution in [0.15, 0.2) is 42.5 Å². The van der Waals surface area contributed by atoms with E-state index in [4.69, 9.17) is 4.74 Å². The van der Waals surface area contributed by atoms with Gasteiger partial charge in [0.05, 0.1) is 6.54 Å². The number of nitrogens with one attached hydrogen (secondary N) is 1. The summed E-state index contributed by atoms with van der Waals surface area (Å²) >= 11 is 0. The lowest BCUT2D eigenvalue weighted by molar-refractivity contribution is 0.207. The number of hydrogen-bond acceptors (Lipinski definition) is 2. The Balaban J connectivity index is 2.06. The topological polar surface area (TPSA) is 21.3 Å². The molecule has 2 heteroatoms. The van der Waals surface area contributed by atoms with Crippen molar-refractivity contribution in [3.05, 3.63) is 59.2 Å². The number of anilines is 1. The molecular formula is C22H31NO. The predicted molar refractivity (Wildman–Crippen MR) is 104 cm³/mol. The Kier molecular flexibility index (Phi) is 6.72. The molecule has 2 aromatic carbocycles. The van der Waals surface area contributed by atoms with Crippen LogP contribution in [-0.4, -0.2) is 12.6 Å². The lowest BCUT2D eigenvalue weighted by atomic mass is 9.98. The van der Waals surface area contributed by atoms with Gasteiger partial charge in [0.15, 0.2) is 0 Å². The molecule has 0 aliphatic carbocycles. The van der Waals surface area contributed by atoms with Gasteiger partial charge < -0.3 is 10.1 Å². The Morgan fingerprint density at radius 3 is 2.46 bits per heavy atom. The molecule has 2 rings (SSSR count). The first-order valence-electron chi connectivity index (χ1n) is 9.11. The molecule has 130 valence electrons. The maximum atomic E-state index is 6.35. The molecule has 2 unspecified atom stereocenters. The third kappa shape index (κ3) is 4.77. The van der Waals surface area contributed by atoms with Crippen LogP contribution in [0.3, 0.4) is 0 Å². The van der Waals surface area contributed by atoms with Crippen molar-refractivity contribution in [2.45, 2.75) is 59.5 Å². The van der Waals surface area contributed by atoms with E-state index in [0.29, 0.717) is 5.92 Å². The molecule has 0 aromatic heterocycles. The second-order valence-corrected chi connectivity index (χ2v) is 6.69. The fourth-order valence-electron chi connectivity index (χ4n) is 2.81. The van der Waals surface area contributed by atoms with Gasteiger partial charge in [0, 0.05) is 5.69 Å². The maximum absolute atomic E-state index is 6.35. The lowest BCUT2D eigenvalue weighted by Gasteiger charge is -2.23. The molecule has 1 N–H and O–H groups in total. The Labute approximate surface area is 147 Å². The molecule has 2 nitrogen and oxygen atoms in total. The molecule has 24 heavy (non-hydrogen) atoms. The highest BCUT2D eigenvalue weighted by Crippen LogP contribution is 2.29. The molecule has 0 radical (unpaired) electrons. The highest BCUT2D eigenvalue weighted by Gasteiger charge is 2.14. The summed E-state index contributed by atoms with van der Waals surface area (Å²) in [6.45, 7) is 11.7. The van der Waals surface area contributed by atoms with Crippen molar-refractivity contribution in [1.82, 2.24) is 0 Å². The van der Waals surface area contributed by atoms with E-state index in [9.17, 15) is 0 Å². The van der Waals surface area contributed by atoms with Gasteiger partial charge in [0.25, 0.3) is 0 Å². The van der Waals surface area contributed by atoms with Crippen LogP contribution in [0.1, 0.15) is 56.2 Å². The zero-order valence-corrected chi connectivity index (χ0v) is 15.7. The number of hydrogen-bond donors (Lipinski definition) is 1. The molecule has 0 saturated heterocycles. The summed E-state index contributed by atoms with van der Waals surface area (Å²) in [6, 6.07) is 15.0. The summed E-state index contributed by atoms with van der Waals surface area (Å²) in [5.74, 6) is 1.55. The Bertz CT molecular complexity index is 650. The highest BCUT2D eigenvalue weighted by atomic mass is 16.5. The quantitative estimate of drug-likeness (QED) is 0.634. The van der Waals surface area contributed by atoms with Crippen molar-refractivity contribution in [3.8, 4) is 5.75 Å². The van der Waals surface area contributed by atoms with Crippen molar-refractivity contribution < 1.29 is 4.74 Å². The van der Waals surface area contributed by atoms with Crippen molar-refractivity contribution in [2.75, 3.05) is 11.9 Å². The third-order valence-electron chi connectivity index (χ3n) is 4.72. The summed E-state index contributed by atoms with van der Waals surface area (Å²) in [4.78, 5) is 0. The van der Waals surface area contributed by atoms with E-state index >= 15 is 0 Å². The summed E-state index contributed by atoms with van der Waals surface area (Å²) in [7, 11) is 0. The van der Waals surface area contributed by atoms with E-state index in [1.165, 1.54) is 22.4 Å². The molecule has 2 aromatic rings. The van der Waals surface area contributed by atoms with Crippen LogP contribution in [-0.2, 0) is 0 Å². The lowest BCUT2D eigenvalue weighted by Crippen LogP contribution is -2.26. The second-order valence-electron chi connectivity index (χ2n) is 6.69.